The number of para-hydroxylation sites is 1. The summed E-state index contributed by atoms with van der Waals surface area (Å²) >= 11 is 0. The van der Waals surface area contributed by atoms with Crippen LogP contribution in [0, 0.1) is 0 Å². The molecule has 3 N–H and O–H groups in total. The largest absolute Gasteiger partial charge is 0.508 e. The number of benzene rings is 3. The highest BCUT2D eigenvalue weighted by molar-refractivity contribution is 6.12. The summed E-state index contributed by atoms with van der Waals surface area (Å²) in [7, 11) is 0. The highest BCUT2D eigenvalue weighted by atomic mass is 16.5. The molecule has 0 saturated heterocycles. The predicted octanol–water partition coefficient (Wildman–Crippen LogP) is 5.64. The maximum Gasteiger partial charge on any atom is 0.244 e. The van der Waals surface area contributed by atoms with Gasteiger partial charge >= 0.3 is 0 Å². The summed E-state index contributed by atoms with van der Waals surface area (Å²) in [5, 5.41) is 23.8. The van der Waals surface area contributed by atoms with Gasteiger partial charge in [0.1, 0.15) is 23.5 Å². The molecular formula is C30H35NO4. The SMILES string of the molecule is CC(C)(C)c1ccc(O)c(C2(c3cc(C(C)(C)C)ccc3OCCO)C(=O)Nc3ccccc32)c1. The lowest BCUT2D eigenvalue weighted by molar-refractivity contribution is -0.118. The Morgan fingerprint density at radius 3 is 2.06 bits per heavy atom. The van der Waals surface area contributed by atoms with Gasteiger partial charge in [0.15, 0.2) is 0 Å². The van der Waals surface area contributed by atoms with Crippen molar-refractivity contribution in [1.82, 2.24) is 0 Å². The molecule has 4 rings (SSSR count). The van der Waals surface area contributed by atoms with Crippen LogP contribution >= 0.6 is 0 Å². The first-order valence-electron chi connectivity index (χ1n) is 12.0. The molecule has 0 fully saturated rings. The molecule has 0 aliphatic carbocycles. The zero-order chi connectivity index (χ0) is 25.6. The van der Waals surface area contributed by atoms with Crippen molar-refractivity contribution < 1.29 is 19.7 Å². The van der Waals surface area contributed by atoms with E-state index in [1.165, 1.54) is 0 Å². The first kappa shape index (κ1) is 24.8. The maximum absolute atomic E-state index is 14.1. The highest BCUT2D eigenvalue weighted by Gasteiger charge is 2.53. The molecule has 3 aromatic carbocycles. The van der Waals surface area contributed by atoms with Crippen molar-refractivity contribution >= 4 is 11.6 Å². The van der Waals surface area contributed by atoms with E-state index in [-0.39, 0.29) is 35.7 Å². The van der Waals surface area contributed by atoms with Gasteiger partial charge in [-0.1, -0.05) is 71.9 Å². The van der Waals surface area contributed by atoms with E-state index in [1.807, 2.05) is 54.6 Å². The molecule has 5 nitrogen and oxygen atoms in total. The number of carbonyl (C=O) groups is 1. The molecule has 0 saturated carbocycles. The van der Waals surface area contributed by atoms with Gasteiger partial charge in [0.2, 0.25) is 5.91 Å². The van der Waals surface area contributed by atoms with Crippen LogP contribution in [-0.2, 0) is 21.0 Å². The molecule has 1 amide bonds. The van der Waals surface area contributed by atoms with Crippen LogP contribution in [0.5, 0.6) is 11.5 Å². The lowest BCUT2D eigenvalue weighted by Crippen LogP contribution is -2.38. The number of fused-ring (bicyclic) bond motifs is 1. The number of rotatable bonds is 5. The van der Waals surface area contributed by atoms with E-state index in [0.29, 0.717) is 22.6 Å². The van der Waals surface area contributed by atoms with Crippen LogP contribution in [0.15, 0.2) is 60.7 Å². The van der Waals surface area contributed by atoms with Crippen LogP contribution in [0.4, 0.5) is 5.69 Å². The topological polar surface area (TPSA) is 78.8 Å². The lowest BCUT2D eigenvalue weighted by Gasteiger charge is -2.34. The Kier molecular flexibility index (Phi) is 6.18. The minimum Gasteiger partial charge on any atom is -0.508 e. The molecule has 1 atom stereocenters. The number of nitrogens with one attached hydrogen (secondary N) is 1. The number of carbonyl (C=O) groups excluding carboxylic acids is 1. The fourth-order valence-corrected chi connectivity index (χ4v) is 4.81. The van der Waals surface area contributed by atoms with Crippen molar-refractivity contribution in [2.24, 2.45) is 0 Å². The molecule has 0 aromatic heterocycles. The first-order chi connectivity index (χ1) is 16.4. The van der Waals surface area contributed by atoms with Gasteiger partial charge in [0.05, 0.1) is 6.61 Å². The monoisotopic (exact) mass is 473 g/mol. The van der Waals surface area contributed by atoms with Crippen LogP contribution in [0.25, 0.3) is 0 Å². The lowest BCUT2D eigenvalue weighted by atomic mass is 9.67. The van der Waals surface area contributed by atoms with Crippen LogP contribution < -0.4 is 10.1 Å². The molecule has 1 heterocycles. The second-order valence-corrected chi connectivity index (χ2v) is 11.3. The predicted molar refractivity (Wildman–Crippen MR) is 139 cm³/mol. The van der Waals surface area contributed by atoms with Gasteiger partial charge in [-0.15, -0.1) is 0 Å². The Hall–Kier alpha value is -3.31. The molecule has 0 bridgehead atoms. The summed E-state index contributed by atoms with van der Waals surface area (Å²) in [5.41, 5.74) is 2.93. The molecule has 0 spiro atoms. The number of phenolic OH excluding ortho intramolecular Hbond substituents is 1. The van der Waals surface area contributed by atoms with Crippen molar-refractivity contribution in [3.05, 3.63) is 88.5 Å². The highest BCUT2D eigenvalue weighted by Crippen LogP contribution is 2.53. The van der Waals surface area contributed by atoms with Gasteiger partial charge in [0.25, 0.3) is 0 Å². The van der Waals surface area contributed by atoms with Crippen molar-refractivity contribution in [2.75, 3.05) is 18.5 Å². The number of aromatic hydroxyl groups is 1. The zero-order valence-corrected chi connectivity index (χ0v) is 21.4. The van der Waals surface area contributed by atoms with Crippen LogP contribution in [0.3, 0.4) is 0 Å². The second-order valence-electron chi connectivity index (χ2n) is 11.3. The number of phenols is 1. The Balaban J connectivity index is 2.15. The Morgan fingerprint density at radius 2 is 1.43 bits per heavy atom. The van der Waals surface area contributed by atoms with Gasteiger partial charge in [0, 0.05) is 22.4 Å². The fraction of sp³-hybridized carbons (Fsp3) is 0.367. The van der Waals surface area contributed by atoms with Gasteiger partial charge in [-0.2, -0.15) is 0 Å². The van der Waals surface area contributed by atoms with Gasteiger partial charge in [-0.25, -0.2) is 0 Å². The quantitative estimate of drug-likeness (QED) is 0.448. The summed E-state index contributed by atoms with van der Waals surface area (Å²) in [4.78, 5) is 14.1. The van der Waals surface area contributed by atoms with Crippen molar-refractivity contribution in [3.8, 4) is 11.5 Å². The molecule has 35 heavy (non-hydrogen) atoms. The summed E-state index contributed by atoms with van der Waals surface area (Å²) in [6, 6.07) is 19.0. The number of ether oxygens (including phenoxy) is 1. The molecular weight excluding hydrogens is 438 g/mol. The maximum atomic E-state index is 14.1. The molecule has 5 heteroatoms. The second kappa shape index (κ2) is 8.72. The fourth-order valence-electron chi connectivity index (χ4n) is 4.81. The smallest absolute Gasteiger partial charge is 0.244 e. The van der Waals surface area contributed by atoms with Gasteiger partial charge < -0.3 is 20.3 Å². The summed E-state index contributed by atoms with van der Waals surface area (Å²) in [5.74, 6) is 0.290. The van der Waals surface area contributed by atoms with E-state index in [2.05, 4.69) is 46.9 Å². The van der Waals surface area contributed by atoms with E-state index in [0.717, 1.165) is 16.7 Å². The minimum absolute atomic E-state index is 0.0409. The van der Waals surface area contributed by atoms with E-state index in [9.17, 15) is 15.0 Å². The molecule has 184 valence electrons. The minimum atomic E-state index is -1.34. The molecule has 1 aliphatic heterocycles. The van der Waals surface area contributed by atoms with Crippen LogP contribution in [-0.4, -0.2) is 29.3 Å². The summed E-state index contributed by atoms with van der Waals surface area (Å²) in [6.45, 7) is 12.6. The zero-order valence-electron chi connectivity index (χ0n) is 21.4. The third-order valence-corrected chi connectivity index (χ3v) is 6.78. The average molecular weight is 474 g/mol. The van der Waals surface area contributed by atoms with Gasteiger partial charge in [-0.3, -0.25) is 4.79 Å². The number of amides is 1. The number of hydrogen-bond donors (Lipinski definition) is 3. The van der Waals surface area contributed by atoms with Crippen molar-refractivity contribution in [2.45, 2.75) is 57.8 Å². The first-order valence-corrected chi connectivity index (χ1v) is 12.0. The Morgan fingerprint density at radius 1 is 0.829 bits per heavy atom. The Bertz CT molecular complexity index is 1270. The van der Waals surface area contributed by atoms with Gasteiger partial charge in [-0.05, 0) is 52.3 Å². The molecule has 0 radical (unpaired) electrons. The number of aliphatic hydroxyl groups is 1. The normalized spacial score (nSPS) is 17.7. The van der Waals surface area contributed by atoms with Crippen LogP contribution in [0.2, 0.25) is 0 Å². The number of anilines is 1. The average Bonchev–Trinajstić information content (AvgIpc) is 3.08. The van der Waals surface area contributed by atoms with E-state index in [1.54, 1.807) is 6.07 Å². The number of aliphatic hydroxyl groups excluding tert-OH is 1. The van der Waals surface area contributed by atoms with E-state index >= 15 is 0 Å². The molecule has 3 aromatic rings. The third-order valence-electron chi connectivity index (χ3n) is 6.78. The number of hydrogen-bond acceptors (Lipinski definition) is 4. The standard InChI is InChI=1S/C30H35NO4/c1-28(2,3)19-11-13-25(33)22(17-19)30(21-9-7-8-10-24(21)31-27(30)34)23-18-20(29(4,5)6)12-14-26(23)35-16-15-32/h7-14,17-18,32-33H,15-16H2,1-6H3,(H,31,34). The third kappa shape index (κ3) is 4.19. The summed E-state index contributed by atoms with van der Waals surface area (Å²) in [6.07, 6.45) is 0. The molecule has 1 aliphatic rings. The van der Waals surface area contributed by atoms with Crippen LogP contribution in [0.1, 0.15) is 69.4 Å². The van der Waals surface area contributed by atoms with E-state index < -0.39 is 5.41 Å². The van der Waals surface area contributed by atoms with E-state index in [4.69, 9.17) is 4.74 Å². The molecule has 1 unspecified atom stereocenters. The van der Waals surface area contributed by atoms with Crippen molar-refractivity contribution in [3.63, 3.8) is 0 Å². The summed E-state index contributed by atoms with van der Waals surface area (Å²) < 4.78 is 6.00. The van der Waals surface area contributed by atoms with Crippen molar-refractivity contribution in [1.29, 1.82) is 0 Å². The Labute approximate surface area is 207 Å².